The Bertz CT molecular complexity index is 217. The van der Waals surface area contributed by atoms with E-state index in [1.165, 1.54) is 44.9 Å². The highest BCUT2D eigenvalue weighted by molar-refractivity contribution is 4.75. The van der Waals surface area contributed by atoms with Gasteiger partial charge in [0.05, 0.1) is 13.2 Å². The molecule has 20 heavy (non-hydrogen) atoms. The number of ether oxygens (including phenoxy) is 1. The minimum Gasteiger partial charge on any atom is -0.396 e. The molecule has 0 spiro atoms. The lowest BCUT2D eigenvalue weighted by Crippen LogP contribution is -2.45. The quantitative estimate of drug-likeness (QED) is 0.631. The monoisotopic (exact) mass is 285 g/mol. The van der Waals surface area contributed by atoms with Crippen molar-refractivity contribution in [2.75, 3.05) is 32.9 Å². The first-order chi connectivity index (χ1) is 9.81. The molecular formula is C17H35NO2. The van der Waals surface area contributed by atoms with Crippen LogP contribution < -0.4 is 0 Å². The highest BCUT2D eigenvalue weighted by atomic mass is 16.5. The largest absolute Gasteiger partial charge is 0.396 e. The Morgan fingerprint density at radius 1 is 1.15 bits per heavy atom. The van der Waals surface area contributed by atoms with Crippen LogP contribution in [0.25, 0.3) is 0 Å². The molecule has 0 radical (unpaired) electrons. The number of hydrogen-bond donors (Lipinski definition) is 1. The summed E-state index contributed by atoms with van der Waals surface area (Å²) in [6.45, 7) is 8.71. The van der Waals surface area contributed by atoms with Crippen molar-refractivity contribution in [2.45, 2.75) is 71.3 Å². The van der Waals surface area contributed by atoms with Gasteiger partial charge in [-0.25, -0.2) is 0 Å². The molecule has 1 fully saturated rings. The maximum atomic E-state index is 8.99. The summed E-state index contributed by atoms with van der Waals surface area (Å²) < 4.78 is 5.64. The van der Waals surface area contributed by atoms with Crippen LogP contribution in [0.15, 0.2) is 0 Å². The van der Waals surface area contributed by atoms with E-state index in [0.29, 0.717) is 12.6 Å². The maximum absolute atomic E-state index is 8.99. The van der Waals surface area contributed by atoms with E-state index >= 15 is 0 Å². The topological polar surface area (TPSA) is 32.7 Å². The van der Waals surface area contributed by atoms with E-state index in [4.69, 9.17) is 9.84 Å². The van der Waals surface area contributed by atoms with Crippen molar-refractivity contribution in [3.8, 4) is 0 Å². The predicted octanol–water partition coefficient (Wildman–Crippen LogP) is 3.46. The average Bonchev–Trinajstić information content (AvgIpc) is 2.46. The van der Waals surface area contributed by atoms with Crippen LogP contribution in [0.4, 0.5) is 0 Å². The SMILES string of the molecule is CCCC(CCC)CCCC1COCCN1CCCO. The van der Waals surface area contributed by atoms with E-state index < -0.39 is 0 Å². The summed E-state index contributed by atoms with van der Waals surface area (Å²) in [4.78, 5) is 2.52. The highest BCUT2D eigenvalue weighted by Crippen LogP contribution is 2.22. The fraction of sp³-hybridized carbons (Fsp3) is 1.00. The summed E-state index contributed by atoms with van der Waals surface area (Å²) in [7, 11) is 0. The first kappa shape index (κ1) is 17.9. The van der Waals surface area contributed by atoms with Crippen molar-refractivity contribution in [2.24, 2.45) is 5.92 Å². The Balaban J connectivity index is 2.25. The molecule has 1 unspecified atom stereocenters. The van der Waals surface area contributed by atoms with Crippen molar-refractivity contribution >= 4 is 0 Å². The highest BCUT2D eigenvalue weighted by Gasteiger charge is 2.22. The van der Waals surface area contributed by atoms with E-state index in [-0.39, 0.29) is 0 Å². The Morgan fingerprint density at radius 2 is 1.90 bits per heavy atom. The predicted molar refractivity (Wildman–Crippen MR) is 85.0 cm³/mol. The number of morpholine rings is 1. The van der Waals surface area contributed by atoms with Crippen molar-refractivity contribution in [1.29, 1.82) is 0 Å². The summed E-state index contributed by atoms with van der Waals surface area (Å²) in [5, 5.41) is 8.99. The fourth-order valence-electron chi connectivity index (χ4n) is 3.41. The third kappa shape index (κ3) is 7.05. The molecular weight excluding hydrogens is 250 g/mol. The van der Waals surface area contributed by atoms with Gasteiger partial charge in [-0.2, -0.15) is 0 Å². The lowest BCUT2D eigenvalue weighted by molar-refractivity contribution is -0.0135. The number of hydrogen-bond acceptors (Lipinski definition) is 3. The second-order valence-corrected chi connectivity index (χ2v) is 6.22. The summed E-state index contributed by atoms with van der Waals surface area (Å²) in [6.07, 6.45) is 10.3. The molecule has 0 aliphatic carbocycles. The maximum Gasteiger partial charge on any atom is 0.0622 e. The molecule has 0 saturated carbocycles. The molecule has 0 aromatic heterocycles. The van der Waals surface area contributed by atoms with E-state index in [9.17, 15) is 0 Å². The van der Waals surface area contributed by atoms with Gasteiger partial charge in [0.25, 0.3) is 0 Å². The van der Waals surface area contributed by atoms with Crippen LogP contribution in [0.5, 0.6) is 0 Å². The fourth-order valence-corrected chi connectivity index (χ4v) is 3.41. The molecule has 1 aliphatic rings. The van der Waals surface area contributed by atoms with Crippen LogP contribution in [0.3, 0.4) is 0 Å². The summed E-state index contributed by atoms with van der Waals surface area (Å²) in [5.74, 6) is 0.931. The third-order valence-corrected chi connectivity index (χ3v) is 4.50. The summed E-state index contributed by atoms with van der Waals surface area (Å²) in [5.41, 5.74) is 0. The normalized spacial score (nSPS) is 20.7. The first-order valence-corrected chi connectivity index (χ1v) is 8.74. The molecule has 3 nitrogen and oxygen atoms in total. The molecule has 3 heteroatoms. The van der Waals surface area contributed by atoms with E-state index in [1.807, 2.05) is 0 Å². The van der Waals surface area contributed by atoms with Gasteiger partial charge in [0.15, 0.2) is 0 Å². The van der Waals surface area contributed by atoms with Gasteiger partial charge < -0.3 is 9.84 Å². The van der Waals surface area contributed by atoms with Gasteiger partial charge in [-0.1, -0.05) is 52.4 Å². The third-order valence-electron chi connectivity index (χ3n) is 4.50. The van der Waals surface area contributed by atoms with Crippen molar-refractivity contribution in [3.63, 3.8) is 0 Å². The van der Waals surface area contributed by atoms with Crippen molar-refractivity contribution < 1.29 is 9.84 Å². The average molecular weight is 285 g/mol. The molecule has 120 valence electrons. The molecule has 0 aromatic carbocycles. The van der Waals surface area contributed by atoms with Gasteiger partial charge in [0.1, 0.15) is 0 Å². The van der Waals surface area contributed by atoms with Crippen molar-refractivity contribution in [3.05, 3.63) is 0 Å². The van der Waals surface area contributed by atoms with Gasteiger partial charge >= 0.3 is 0 Å². The van der Waals surface area contributed by atoms with E-state index in [0.717, 1.165) is 38.6 Å². The Kier molecular flexibility index (Phi) is 10.3. The van der Waals surface area contributed by atoms with Crippen LogP contribution in [-0.4, -0.2) is 49.0 Å². The zero-order valence-corrected chi connectivity index (χ0v) is 13.6. The van der Waals surface area contributed by atoms with Gasteiger partial charge in [-0.3, -0.25) is 4.90 Å². The van der Waals surface area contributed by atoms with Crippen LogP contribution >= 0.6 is 0 Å². The lowest BCUT2D eigenvalue weighted by Gasteiger charge is -2.35. The zero-order chi connectivity index (χ0) is 14.6. The second-order valence-electron chi connectivity index (χ2n) is 6.22. The molecule has 1 saturated heterocycles. The van der Waals surface area contributed by atoms with Gasteiger partial charge in [0.2, 0.25) is 0 Å². The summed E-state index contributed by atoms with van der Waals surface area (Å²) >= 11 is 0. The molecule has 1 N–H and O–H groups in total. The van der Waals surface area contributed by atoms with Crippen LogP contribution in [0, 0.1) is 5.92 Å². The van der Waals surface area contributed by atoms with E-state index in [1.54, 1.807) is 0 Å². The van der Waals surface area contributed by atoms with Gasteiger partial charge in [-0.15, -0.1) is 0 Å². The van der Waals surface area contributed by atoms with Crippen LogP contribution in [-0.2, 0) is 4.74 Å². The number of nitrogens with zero attached hydrogens (tertiary/aromatic N) is 1. The van der Waals surface area contributed by atoms with Crippen LogP contribution in [0.2, 0.25) is 0 Å². The Hall–Kier alpha value is -0.120. The zero-order valence-electron chi connectivity index (χ0n) is 13.6. The lowest BCUT2D eigenvalue weighted by atomic mass is 9.91. The van der Waals surface area contributed by atoms with Crippen LogP contribution in [0.1, 0.15) is 65.2 Å². The number of rotatable bonds is 11. The Labute approximate surface area is 125 Å². The molecule has 1 atom stereocenters. The number of aliphatic hydroxyl groups excluding tert-OH is 1. The molecule has 0 bridgehead atoms. The van der Waals surface area contributed by atoms with Gasteiger partial charge in [-0.05, 0) is 18.8 Å². The number of aliphatic hydroxyl groups is 1. The molecule has 1 heterocycles. The van der Waals surface area contributed by atoms with E-state index in [2.05, 4.69) is 18.7 Å². The Morgan fingerprint density at radius 3 is 2.55 bits per heavy atom. The smallest absolute Gasteiger partial charge is 0.0622 e. The molecule has 1 aliphatic heterocycles. The molecule has 0 aromatic rings. The second kappa shape index (κ2) is 11.5. The molecule has 0 amide bonds. The van der Waals surface area contributed by atoms with Gasteiger partial charge in [0, 0.05) is 25.7 Å². The van der Waals surface area contributed by atoms with Crippen molar-refractivity contribution in [1.82, 2.24) is 4.90 Å². The minimum atomic E-state index is 0.305. The minimum absolute atomic E-state index is 0.305. The standard InChI is InChI=1S/C17H35NO2/c1-3-7-16(8-4-2)9-5-10-17-15-20-14-12-18(17)11-6-13-19/h16-17,19H,3-15H2,1-2H3. The first-order valence-electron chi connectivity index (χ1n) is 8.74. The molecule has 1 rings (SSSR count). The summed E-state index contributed by atoms with van der Waals surface area (Å²) in [6, 6.07) is 0.583.